The lowest BCUT2D eigenvalue weighted by Gasteiger charge is -2.19. The van der Waals surface area contributed by atoms with Crippen molar-refractivity contribution in [3.05, 3.63) is 89.9 Å². The molecule has 0 fully saturated rings. The van der Waals surface area contributed by atoms with E-state index in [0.717, 1.165) is 28.3 Å². The van der Waals surface area contributed by atoms with Crippen LogP contribution in [0.15, 0.2) is 67.0 Å². The van der Waals surface area contributed by atoms with Crippen LogP contribution in [0.25, 0.3) is 21.1 Å². The maximum atomic E-state index is 14.2. The standard InChI is InChI=1S/C22H14F2N4OS/c23-13-9-17(24)20-19(10-13)30-22(27-20)28(12-14-5-3-4-8-25-14)21(29)16-11-26-18-7-2-1-6-15(16)18/h1-11,26H,12H2. The molecule has 5 rings (SSSR count). The van der Waals surface area contributed by atoms with Crippen molar-refractivity contribution < 1.29 is 13.6 Å². The van der Waals surface area contributed by atoms with Crippen LogP contribution in [-0.4, -0.2) is 20.9 Å². The third-order valence-corrected chi connectivity index (χ3v) is 5.77. The Labute approximate surface area is 173 Å². The molecule has 2 aromatic carbocycles. The summed E-state index contributed by atoms with van der Waals surface area (Å²) in [5, 5.41) is 1.04. The Morgan fingerprint density at radius 2 is 1.93 bits per heavy atom. The van der Waals surface area contributed by atoms with Gasteiger partial charge >= 0.3 is 0 Å². The van der Waals surface area contributed by atoms with Gasteiger partial charge in [-0.3, -0.25) is 14.7 Å². The van der Waals surface area contributed by atoms with E-state index in [0.29, 0.717) is 16.0 Å². The van der Waals surface area contributed by atoms with Gasteiger partial charge in [0.05, 0.1) is 22.5 Å². The molecular weight excluding hydrogens is 406 g/mol. The van der Waals surface area contributed by atoms with Gasteiger partial charge in [-0.2, -0.15) is 0 Å². The fourth-order valence-corrected chi connectivity index (χ4v) is 4.34. The van der Waals surface area contributed by atoms with Gasteiger partial charge in [-0.15, -0.1) is 0 Å². The summed E-state index contributed by atoms with van der Waals surface area (Å²) < 4.78 is 28.2. The number of para-hydroxylation sites is 1. The number of nitrogens with zero attached hydrogens (tertiary/aromatic N) is 3. The molecule has 0 aliphatic heterocycles. The van der Waals surface area contributed by atoms with Crippen LogP contribution in [0.4, 0.5) is 13.9 Å². The summed E-state index contributed by atoms with van der Waals surface area (Å²) in [7, 11) is 0. The minimum Gasteiger partial charge on any atom is -0.360 e. The second-order valence-electron chi connectivity index (χ2n) is 6.69. The van der Waals surface area contributed by atoms with Crippen molar-refractivity contribution in [3.63, 3.8) is 0 Å². The Kier molecular flexibility index (Phi) is 4.48. The van der Waals surface area contributed by atoms with Gasteiger partial charge in [0, 0.05) is 29.4 Å². The minimum absolute atomic E-state index is 0.0362. The van der Waals surface area contributed by atoms with Crippen molar-refractivity contribution in [1.82, 2.24) is 15.0 Å². The van der Waals surface area contributed by atoms with E-state index in [2.05, 4.69) is 15.0 Å². The summed E-state index contributed by atoms with van der Waals surface area (Å²) in [6.45, 7) is 0.142. The molecule has 0 bridgehead atoms. The third kappa shape index (κ3) is 3.21. The Morgan fingerprint density at radius 1 is 1.10 bits per heavy atom. The molecule has 1 amide bonds. The topological polar surface area (TPSA) is 61.9 Å². The van der Waals surface area contributed by atoms with Crippen LogP contribution < -0.4 is 4.90 Å². The molecule has 3 aromatic heterocycles. The number of H-pyrrole nitrogens is 1. The average molecular weight is 420 g/mol. The summed E-state index contributed by atoms with van der Waals surface area (Å²) in [5.74, 6) is -1.75. The second-order valence-corrected chi connectivity index (χ2v) is 7.70. The van der Waals surface area contributed by atoms with Gasteiger partial charge in [0.25, 0.3) is 5.91 Å². The Balaban J connectivity index is 1.63. The van der Waals surface area contributed by atoms with Gasteiger partial charge in [-0.25, -0.2) is 13.8 Å². The van der Waals surface area contributed by atoms with Gasteiger partial charge < -0.3 is 4.98 Å². The van der Waals surface area contributed by atoms with Crippen LogP contribution in [0.1, 0.15) is 16.1 Å². The number of hydrogen-bond acceptors (Lipinski definition) is 4. The van der Waals surface area contributed by atoms with Crippen LogP contribution in [0.2, 0.25) is 0 Å². The molecule has 8 heteroatoms. The Hall–Kier alpha value is -3.65. The number of hydrogen-bond donors (Lipinski definition) is 1. The fourth-order valence-electron chi connectivity index (χ4n) is 3.33. The van der Waals surface area contributed by atoms with Gasteiger partial charge in [-0.05, 0) is 24.3 Å². The predicted octanol–water partition coefficient (Wildman–Crippen LogP) is 5.30. The number of thiazole rings is 1. The van der Waals surface area contributed by atoms with E-state index < -0.39 is 11.6 Å². The lowest BCUT2D eigenvalue weighted by molar-refractivity contribution is 0.0986. The maximum Gasteiger partial charge on any atom is 0.262 e. The summed E-state index contributed by atoms with van der Waals surface area (Å²) >= 11 is 1.06. The molecule has 148 valence electrons. The molecule has 5 nitrogen and oxygen atoms in total. The van der Waals surface area contributed by atoms with Crippen molar-refractivity contribution in [3.8, 4) is 0 Å². The summed E-state index contributed by atoms with van der Waals surface area (Å²) in [4.78, 5) is 26.7. The number of halogens is 2. The lowest BCUT2D eigenvalue weighted by atomic mass is 10.1. The minimum atomic E-state index is -0.759. The zero-order valence-electron chi connectivity index (χ0n) is 15.5. The highest BCUT2D eigenvalue weighted by Crippen LogP contribution is 2.33. The molecule has 0 unspecified atom stereocenters. The number of rotatable bonds is 4. The van der Waals surface area contributed by atoms with E-state index >= 15 is 0 Å². The summed E-state index contributed by atoms with van der Waals surface area (Å²) in [5.41, 5.74) is 1.98. The van der Waals surface area contributed by atoms with Crippen LogP contribution >= 0.6 is 11.3 Å². The quantitative estimate of drug-likeness (QED) is 0.429. The molecule has 0 saturated heterocycles. The summed E-state index contributed by atoms with van der Waals surface area (Å²) in [6, 6.07) is 14.9. The van der Waals surface area contributed by atoms with Crippen molar-refractivity contribution in [2.24, 2.45) is 0 Å². The first kappa shape index (κ1) is 18.4. The van der Waals surface area contributed by atoms with Crippen molar-refractivity contribution >= 4 is 43.5 Å². The molecule has 5 aromatic rings. The first-order chi connectivity index (χ1) is 14.6. The Bertz CT molecular complexity index is 1380. The molecular formula is C22H14F2N4OS. The number of fused-ring (bicyclic) bond motifs is 2. The number of benzene rings is 2. The lowest BCUT2D eigenvalue weighted by Crippen LogP contribution is -2.30. The molecule has 0 aliphatic rings. The third-order valence-electron chi connectivity index (χ3n) is 4.74. The Morgan fingerprint density at radius 3 is 2.77 bits per heavy atom. The van der Waals surface area contributed by atoms with Crippen molar-refractivity contribution in [2.45, 2.75) is 6.54 Å². The molecule has 0 spiro atoms. The zero-order chi connectivity index (χ0) is 20.7. The van der Waals surface area contributed by atoms with E-state index in [1.54, 1.807) is 24.5 Å². The van der Waals surface area contributed by atoms with Crippen LogP contribution in [0.3, 0.4) is 0 Å². The van der Waals surface area contributed by atoms with Crippen LogP contribution in [0.5, 0.6) is 0 Å². The molecule has 30 heavy (non-hydrogen) atoms. The zero-order valence-corrected chi connectivity index (χ0v) is 16.3. The number of pyridine rings is 1. The first-order valence-corrected chi connectivity index (χ1v) is 9.95. The SMILES string of the molecule is O=C(c1c[nH]c2ccccc12)N(Cc1ccccn1)c1nc2c(F)cc(F)cc2s1. The van der Waals surface area contributed by atoms with Crippen LogP contribution in [0, 0.1) is 11.6 Å². The molecule has 3 heterocycles. The highest BCUT2D eigenvalue weighted by molar-refractivity contribution is 7.22. The van der Waals surface area contributed by atoms with Crippen LogP contribution in [-0.2, 0) is 6.54 Å². The van der Waals surface area contributed by atoms with Gasteiger partial charge in [0.15, 0.2) is 10.9 Å². The number of amides is 1. The predicted molar refractivity (Wildman–Crippen MR) is 113 cm³/mol. The van der Waals surface area contributed by atoms with E-state index in [1.165, 1.54) is 11.0 Å². The van der Waals surface area contributed by atoms with Gasteiger partial charge in [0.1, 0.15) is 11.3 Å². The van der Waals surface area contributed by atoms with Gasteiger partial charge in [-0.1, -0.05) is 35.6 Å². The molecule has 0 aliphatic carbocycles. The number of aromatic nitrogens is 3. The molecule has 0 saturated carbocycles. The number of aromatic amines is 1. The van der Waals surface area contributed by atoms with Crippen molar-refractivity contribution in [2.75, 3.05) is 4.90 Å². The molecule has 0 radical (unpaired) electrons. The average Bonchev–Trinajstić information content (AvgIpc) is 3.37. The number of nitrogens with one attached hydrogen (secondary N) is 1. The van der Waals surface area contributed by atoms with E-state index in [9.17, 15) is 13.6 Å². The first-order valence-electron chi connectivity index (χ1n) is 9.13. The van der Waals surface area contributed by atoms with Gasteiger partial charge in [0.2, 0.25) is 0 Å². The second kappa shape index (κ2) is 7.31. The number of carbonyl (C=O) groups is 1. The van der Waals surface area contributed by atoms with E-state index in [4.69, 9.17) is 0 Å². The summed E-state index contributed by atoms with van der Waals surface area (Å²) in [6.07, 6.45) is 3.28. The normalized spacial score (nSPS) is 11.3. The number of anilines is 1. The fraction of sp³-hybridized carbons (Fsp3) is 0.0455. The smallest absolute Gasteiger partial charge is 0.262 e. The molecule has 1 N–H and O–H groups in total. The van der Waals surface area contributed by atoms with E-state index in [-0.39, 0.29) is 23.1 Å². The highest BCUT2D eigenvalue weighted by Gasteiger charge is 2.25. The van der Waals surface area contributed by atoms with Crippen molar-refractivity contribution in [1.29, 1.82) is 0 Å². The highest BCUT2D eigenvalue weighted by atomic mass is 32.1. The molecule has 0 atom stereocenters. The largest absolute Gasteiger partial charge is 0.360 e. The number of carbonyl (C=O) groups excluding carboxylic acids is 1. The maximum absolute atomic E-state index is 14.2. The van der Waals surface area contributed by atoms with E-state index in [1.807, 2.05) is 30.3 Å². The monoisotopic (exact) mass is 420 g/mol.